The van der Waals surface area contributed by atoms with Gasteiger partial charge in [0, 0.05) is 30.1 Å². The van der Waals surface area contributed by atoms with E-state index >= 15 is 0 Å². The van der Waals surface area contributed by atoms with Crippen LogP contribution < -0.4 is 16.4 Å². The maximum absolute atomic E-state index is 12.1. The number of carbonyl (C=O) groups is 2. The summed E-state index contributed by atoms with van der Waals surface area (Å²) >= 11 is 0. The standard InChI is InChI=1S/C17H27N3O2.ClH/c1-5-11(2)20-17(22)15-8-6-7-14(9-15)10-19-16(21)12(3)13(4)18;/h6-9,11-13H,5,10,18H2,1-4H3,(H,19,21)(H,20,22);1H. The average molecular weight is 342 g/mol. The minimum atomic E-state index is -0.239. The molecule has 0 fully saturated rings. The van der Waals surface area contributed by atoms with Crippen molar-refractivity contribution >= 4 is 24.2 Å². The van der Waals surface area contributed by atoms with Crippen molar-refractivity contribution in [1.82, 2.24) is 10.6 Å². The van der Waals surface area contributed by atoms with Crippen LogP contribution in [0.5, 0.6) is 0 Å². The van der Waals surface area contributed by atoms with E-state index in [-0.39, 0.29) is 42.2 Å². The summed E-state index contributed by atoms with van der Waals surface area (Å²) in [4.78, 5) is 24.0. The molecule has 0 spiro atoms. The van der Waals surface area contributed by atoms with E-state index in [0.717, 1.165) is 12.0 Å². The van der Waals surface area contributed by atoms with E-state index in [1.807, 2.05) is 32.9 Å². The van der Waals surface area contributed by atoms with E-state index in [9.17, 15) is 9.59 Å². The van der Waals surface area contributed by atoms with Crippen molar-refractivity contribution < 1.29 is 9.59 Å². The number of benzene rings is 1. The lowest BCUT2D eigenvalue weighted by Gasteiger charge is -2.16. The second kappa shape index (κ2) is 10.2. The third kappa shape index (κ3) is 7.01. The second-order valence-electron chi connectivity index (χ2n) is 5.85. The summed E-state index contributed by atoms with van der Waals surface area (Å²) in [5.41, 5.74) is 7.21. The van der Waals surface area contributed by atoms with Gasteiger partial charge in [-0.2, -0.15) is 0 Å². The van der Waals surface area contributed by atoms with E-state index in [2.05, 4.69) is 10.6 Å². The zero-order chi connectivity index (χ0) is 16.7. The van der Waals surface area contributed by atoms with E-state index in [0.29, 0.717) is 12.1 Å². The van der Waals surface area contributed by atoms with Crippen LogP contribution in [0.25, 0.3) is 0 Å². The van der Waals surface area contributed by atoms with Crippen LogP contribution >= 0.6 is 12.4 Å². The van der Waals surface area contributed by atoms with Crippen LogP contribution in [-0.4, -0.2) is 23.9 Å². The van der Waals surface area contributed by atoms with Crippen molar-refractivity contribution in [2.75, 3.05) is 0 Å². The summed E-state index contributed by atoms with van der Waals surface area (Å²) in [6.07, 6.45) is 0.886. The Labute approximate surface area is 144 Å². The highest BCUT2D eigenvalue weighted by molar-refractivity contribution is 5.94. The largest absolute Gasteiger partial charge is 0.352 e. The molecule has 130 valence electrons. The number of halogens is 1. The highest BCUT2D eigenvalue weighted by atomic mass is 35.5. The minimum Gasteiger partial charge on any atom is -0.352 e. The molecule has 0 heterocycles. The molecule has 2 amide bonds. The van der Waals surface area contributed by atoms with Gasteiger partial charge in [-0.3, -0.25) is 9.59 Å². The molecule has 0 aromatic heterocycles. The van der Waals surface area contributed by atoms with Crippen LogP contribution in [0, 0.1) is 5.92 Å². The van der Waals surface area contributed by atoms with Gasteiger partial charge < -0.3 is 16.4 Å². The first-order valence-corrected chi connectivity index (χ1v) is 7.78. The number of amides is 2. The van der Waals surface area contributed by atoms with E-state index < -0.39 is 0 Å². The van der Waals surface area contributed by atoms with Gasteiger partial charge >= 0.3 is 0 Å². The van der Waals surface area contributed by atoms with Gasteiger partial charge in [0.15, 0.2) is 0 Å². The topological polar surface area (TPSA) is 84.2 Å². The lowest BCUT2D eigenvalue weighted by molar-refractivity contribution is -0.125. The fourth-order valence-electron chi connectivity index (χ4n) is 1.82. The van der Waals surface area contributed by atoms with Crippen molar-refractivity contribution in [2.45, 2.75) is 52.7 Å². The molecule has 0 saturated carbocycles. The molecule has 0 aliphatic heterocycles. The summed E-state index contributed by atoms with van der Waals surface area (Å²) in [6, 6.07) is 7.23. The lowest BCUT2D eigenvalue weighted by atomic mass is 10.0. The molecule has 0 radical (unpaired) electrons. The van der Waals surface area contributed by atoms with Gasteiger partial charge in [0.25, 0.3) is 5.91 Å². The maximum Gasteiger partial charge on any atom is 0.251 e. The van der Waals surface area contributed by atoms with Gasteiger partial charge in [-0.15, -0.1) is 12.4 Å². The predicted octanol–water partition coefficient (Wildman–Crippen LogP) is 2.24. The van der Waals surface area contributed by atoms with Gasteiger partial charge in [-0.1, -0.05) is 26.0 Å². The molecule has 0 saturated heterocycles. The average Bonchev–Trinajstić information content (AvgIpc) is 2.51. The molecule has 5 nitrogen and oxygen atoms in total. The Morgan fingerprint density at radius 3 is 2.43 bits per heavy atom. The van der Waals surface area contributed by atoms with Crippen LogP contribution in [0.15, 0.2) is 24.3 Å². The van der Waals surface area contributed by atoms with Crippen LogP contribution in [0.2, 0.25) is 0 Å². The molecule has 0 aliphatic carbocycles. The SMILES string of the molecule is CCC(C)NC(=O)c1cccc(CNC(=O)C(C)C(C)N)c1.Cl. The van der Waals surface area contributed by atoms with E-state index in [1.54, 1.807) is 19.1 Å². The molecular formula is C17H28ClN3O2. The Kier molecular flexibility index (Phi) is 9.53. The number of carbonyl (C=O) groups excluding carboxylic acids is 2. The summed E-state index contributed by atoms with van der Waals surface area (Å²) in [5.74, 6) is -0.409. The Morgan fingerprint density at radius 1 is 1.22 bits per heavy atom. The fraction of sp³-hybridized carbons (Fsp3) is 0.529. The number of nitrogens with one attached hydrogen (secondary N) is 2. The lowest BCUT2D eigenvalue weighted by Crippen LogP contribution is -2.38. The molecule has 1 aromatic carbocycles. The van der Waals surface area contributed by atoms with Crippen molar-refractivity contribution in [3.05, 3.63) is 35.4 Å². The fourth-order valence-corrected chi connectivity index (χ4v) is 1.82. The van der Waals surface area contributed by atoms with Crippen molar-refractivity contribution in [3.8, 4) is 0 Å². The smallest absolute Gasteiger partial charge is 0.251 e. The van der Waals surface area contributed by atoms with Gasteiger partial charge in [0.2, 0.25) is 5.91 Å². The normalized spacial score (nSPS) is 14.1. The van der Waals surface area contributed by atoms with Crippen LogP contribution in [0.1, 0.15) is 50.0 Å². The quantitative estimate of drug-likeness (QED) is 0.711. The van der Waals surface area contributed by atoms with Gasteiger partial charge in [0.1, 0.15) is 0 Å². The first-order chi connectivity index (χ1) is 10.3. The molecule has 1 aromatic rings. The summed E-state index contributed by atoms with van der Waals surface area (Å²) in [5, 5.41) is 5.78. The van der Waals surface area contributed by atoms with Crippen LogP contribution in [0.4, 0.5) is 0 Å². The van der Waals surface area contributed by atoms with Crippen molar-refractivity contribution in [3.63, 3.8) is 0 Å². The van der Waals surface area contributed by atoms with Gasteiger partial charge in [-0.05, 0) is 38.0 Å². The molecule has 6 heteroatoms. The predicted molar refractivity (Wildman–Crippen MR) is 95.6 cm³/mol. The van der Waals surface area contributed by atoms with Crippen LogP contribution in [0.3, 0.4) is 0 Å². The third-order valence-electron chi connectivity index (χ3n) is 3.85. The Morgan fingerprint density at radius 2 is 1.87 bits per heavy atom. The Bertz CT molecular complexity index is 520. The molecule has 3 unspecified atom stereocenters. The number of nitrogens with two attached hydrogens (primary N) is 1. The Balaban J connectivity index is 0.00000484. The summed E-state index contributed by atoms with van der Waals surface area (Å²) in [6.45, 7) is 7.99. The van der Waals surface area contributed by atoms with Crippen molar-refractivity contribution in [2.24, 2.45) is 11.7 Å². The number of rotatable bonds is 7. The minimum absolute atomic E-state index is 0. The molecule has 0 aliphatic rings. The monoisotopic (exact) mass is 341 g/mol. The highest BCUT2D eigenvalue weighted by Crippen LogP contribution is 2.07. The molecule has 3 atom stereocenters. The first kappa shape index (κ1) is 21.4. The number of hydrogen-bond acceptors (Lipinski definition) is 3. The molecule has 1 rings (SSSR count). The molecule has 4 N–H and O–H groups in total. The summed E-state index contributed by atoms with van der Waals surface area (Å²) in [7, 11) is 0. The second-order valence-corrected chi connectivity index (χ2v) is 5.85. The first-order valence-electron chi connectivity index (χ1n) is 7.78. The molecule has 23 heavy (non-hydrogen) atoms. The van der Waals surface area contributed by atoms with Crippen LogP contribution in [-0.2, 0) is 11.3 Å². The third-order valence-corrected chi connectivity index (χ3v) is 3.85. The Hall–Kier alpha value is -1.59. The zero-order valence-electron chi connectivity index (χ0n) is 14.3. The zero-order valence-corrected chi connectivity index (χ0v) is 15.1. The van der Waals surface area contributed by atoms with Gasteiger partial charge in [0.05, 0.1) is 0 Å². The van der Waals surface area contributed by atoms with E-state index in [1.165, 1.54) is 0 Å². The highest BCUT2D eigenvalue weighted by Gasteiger charge is 2.16. The van der Waals surface area contributed by atoms with Crippen molar-refractivity contribution in [1.29, 1.82) is 0 Å². The molecule has 0 bridgehead atoms. The number of hydrogen-bond donors (Lipinski definition) is 3. The van der Waals surface area contributed by atoms with Gasteiger partial charge in [-0.25, -0.2) is 0 Å². The maximum atomic E-state index is 12.1. The molecular weight excluding hydrogens is 314 g/mol. The summed E-state index contributed by atoms with van der Waals surface area (Å²) < 4.78 is 0. The van der Waals surface area contributed by atoms with E-state index in [4.69, 9.17) is 5.73 Å².